The molecule has 0 saturated heterocycles. The monoisotopic (exact) mass is 318 g/mol. The van der Waals surface area contributed by atoms with Crippen LogP contribution in [0.5, 0.6) is 0 Å². The summed E-state index contributed by atoms with van der Waals surface area (Å²) in [5.41, 5.74) is 7.52. The molecule has 0 aliphatic carbocycles. The number of aromatic nitrogens is 1. The summed E-state index contributed by atoms with van der Waals surface area (Å²) < 4.78 is 0. The van der Waals surface area contributed by atoms with Crippen molar-refractivity contribution in [2.45, 2.75) is 6.92 Å². The molecule has 3 rings (SSSR count). The third-order valence-corrected chi connectivity index (χ3v) is 4.57. The van der Waals surface area contributed by atoms with Gasteiger partial charge in [-0.1, -0.05) is 23.7 Å². The summed E-state index contributed by atoms with van der Waals surface area (Å²) in [5, 5.41) is 1.22. The van der Waals surface area contributed by atoms with E-state index in [1.165, 1.54) is 17.4 Å². The van der Waals surface area contributed by atoms with Crippen LogP contribution in [-0.4, -0.2) is 10.8 Å². The first-order valence-electron chi connectivity index (χ1n) is 6.19. The number of aryl methyl sites for hydroxylation is 1. The van der Waals surface area contributed by atoms with E-state index >= 15 is 0 Å². The zero-order chi connectivity index (χ0) is 15.1. The molecule has 3 aromatic rings. The maximum absolute atomic E-state index is 12.6. The van der Waals surface area contributed by atoms with Gasteiger partial charge in [-0.3, -0.25) is 9.59 Å². The van der Waals surface area contributed by atoms with Crippen molar-refractivity contribution in [2.24, 2.45) is 0 Å². The third kappa shape index (κ3) is 2.34. The van der Waals surface area contributed by atoms with Crippen LogP contribution in [0.15, 0.2) is 35.1 Å². The zero-order valence-electron chi connectivity index (χ0n) is 11.1. The van der Waals surface area contributed by atoms with E-state index in [0.29, 0.717) is 26.0 Å². The van der Waals surface area contributed by atoms with Gasteiger partial charge in [0.1, 0.15) is 9.71 Å². The van der Waals surface area contributed by atoms with Crippen molar-refractivity contribution in [2.75, 3.05) is 5.73 Å². The van der Waals surface area contributed by atoms with Crippen molar-refractivity contribution >= 4 is 44.6 Å². The number of halogens is 1. The number of nitrogens with one attached hydrogen (secondary N) is 1. The number of pyridine rings is 1. The van der Waals surface area contributed by atoms with Crippen LogP contribution in [0.4, 0.5) is 5.69 Å². The topological polar surface area (TPSA) is 76.0 Å². The van der Waals surface area contributed by atoms with E-state index in [4.69, 9.17) is 17.3 Å². The van der Waals surface area contributed by atoms with Gasteiger partial charge in [0.25, 0.3) is 0 Å². The van der Waals surface area contributed by atoms with Gasteiger partial charge in [0.15, 0.2) is 0 Å². The van der Waals surface area contributed by atoms with Crippen molar-refractivity contribution in [1.29, 1.82) is 0 Å². The molecule has 0 atom stereocenters. The van der Waals surface area contributed by atoms with E-state index in [2.05, 4.69) is 4.98 Å². The second kappa shape index (κ2) is 5.02. The van der Waals surface area contributed by atoms with Crippen LogP contribution in [0.1, 0.15) is 20.8 Å². The van der Waals surface area contributed by atoms with Crippen LogP contribution >= 0.6 is 22.9 Å². The van der Waals surface area contributed by atoms with Crippen LogP contribution in [0, 0.1) is 6.92 Å². The lowest BCUT2D eigenvalue weighted by atomic mass is 10.1. The van der Waals surface area contributed by atoms with Gasteiger partial charge in [-0.2, -0.15) is 0 Å². The normalized spacial score (nSPS) is 11.0. The second-order valence-electron chi connectivity index (χ2n) is 4.71. The molecule has 0 bridgehead atoms. The lowest BCUT2D eigenvalue weighted by Crippen LogP contribution is -2.04. The number of fused-ring (bicyclic) bond motifs is 1. The average Bonchev–Trinajstić information content (AvgIpc) is 2.75. The summed E-state index contributed by atoms with van der Waals surface area (Å²) in [7, 11) is 0. The van der Waals surface area contributed by atoms with Gasteiger partial charge >= 0.3 is 0 Å². The number of aromatic amines is 1. The molecule has 2 aromatic heterocycles. The standard InChI is InChI=1S/C15H11ClN2O2S/c1-7-5-10(19)18-15-11(7)12(17)14(21-15)13(20)8-3-2-4-9(16)6-8/h2-6H,17H2,1H3,(H,18,19). The Balaban J connectivity index is 2.21. The molecule has 0 saturated carbocycles. The Bertz CT molecular complexity index is 927. The van der Waals surface area contributed by atoms with Crippen LogP contribution in [0.3, 0.4) is 0 Å². The van der Waals surface area contributed by atoms with Gasteiger partial charge in [-0.25, -0.2) is 0 Å². The number of carbonyl (C=O) groups is 1. The highest BCUT2D eigenvalue weighted by Gasteiger charge is 2.19. The van der Waals surface area contributed by atoms with E-state index in [1.54, 1.807) is 31.2 Å². The molecule has 1 aromatic carbocycles. The van der Waals surface area contributed by atoms with Gasteiger partial charge in [0, 0.05) is 22.0 Å². The summed E-state index contributed by atoms with van der Waals surface area (Å²) in [4.78, 5) is 27.8. The molecular formula is C15H11ClN2O2S. The minimum absolute atomic E-state index is 0.198. The molecule has 3 N–H and O–H groups in total. The number of hydrogen-bond acceptors (Lipinski definition) is 4. The lowest BCUT2D eigenvalue weighted by Gasteiger charge is -2.01. The first-order valence-corrected chi connectivity index (χ1v) is 7.39. The van der Waals surface area contributed by atoms with Crippen LogP contribution < -0.4 is 11.3 Å². The number of nitrogen functional groups attached to an aromatic ring is 1. The Kier molecular flexibility index (Phi) is 3.31. The molecule has 0 radical (unpaired) electrons. The number of hydrogen-bond donors (Lipinski definition) is 2. The second-order valence-corrected chi connectivity index (χ2v) is 6.16. The van der Waals surface area contributed by atoms with Gasteiger partial charge in [-0.05, 0) is 24.6 Å². The molecule has 0 amide bonds. The number of nitrogens with two attached hydrogens (primary N) is 1. The minimum atomic E-state index is -0.206. The van der Waals surface area contributed by atoms with Crippen LogP contribution in [-0.2, 0) is 0 Å². The molecule has 0 fully saturated rings. The molecule has 0 aliphatic heterocycles. The highest BCUT2D eigenvalue weighted by molar-refractivity contribution is 7.21. The number of H-pyrrole nitrogens is 1. The summed E-state index contributed by atoms with van der Waals surface area (Å²) in [6.07, 6.45) is 0. The molecular weight excluding hydrogens is 308 g/mol. The molecule has 4 nitrogen and oxygen atoms in total. The Morgan fingerprint density at radius 2 is 2.10 bits per heavy atom. The highest BCUT2D eigenvalue weighted by atomic mass is 35.5. The van der Waals surface area contributed by atoms with Gasteiger partial charge in [0.2, 0.25) is 11.3 Å². The summed E-state index contributed by atoms with van der Waals surface area (Å²) in [5.74, 6) is -0.198. The van der Waals surface area contributed by atoms with E-state index < -0.39 is 0 Å². The van der Waals surface area contributed by atoms with Crippen molar-refractivity contribution in [3.63, 3.8) is 0 Å². The predicted octanol–water partition coefficient (Wildman–Crippen LogP) is 3.36. The van der Waals surface area contributed by atoms with Crippen LogP contribution in [0.25, 0.3) is 10.2 Å². The Morgan fingerprint density at radius 1 is 1.33 bits per heavy atom. The van der Waals surface area contributed by atoms with Crippen LogP contribution in [0.2, 0.25) is 5.02 Å². The van der Waals surface area contributed by atoms with E-state index in [0.717, 1.165) is 10.9 Å². The van der Waals surface area contributed by atoms with Crippen molar-refractivity contribution in [3.05, 3.63) is 61.7 Å². The number of carbonyl (C=O) groups excluding carboxylic acids is 1. The number of benzene rings is 1. The molecule has 6 heteroatoms. The van der Waals surface area contributed by atoms with Crippen molar-refractivity contribution in [3.8, 4) is 0 Å². The van der Waals surface area contributed by atoms with Crippen molar-refractivity contribution in [1.82, 2.24) is 4.98 Å². The fourth-order valence-corrected chi connectivity index (χ4v) is 3.61. The van der Waals surface area contributed by atoms with Crippen molar-refractivity contribution < 1.29 is 4.79 Å². The maximum atomic E-state index is 12.6. The zero-order valence-corrected chi connectivity index (χ0v) is 12.6. The summed E-state index contributed by atoms with van der Waals surface area (Å²) in [6, 6.07) is 8.18. The lowest BCUT2D eigenvalue weighted by molar-refractivity contribution is 0.104. The molecule has 0 aliphatic rings. The number of ketones is 1. The quantitative estimate of drug-likeness (QED) is 0.711. The minimum Gasteiger partial charge on any atom is -0.397 e. The Morgan fingerprint density at radius 3 is 2.81 bits per heavy atom. The summed E-state index contributed by atoms with van der Waals surface area (Å²) >= 11 is 7.10. The highest BCUT2D eigenvalue weighted by Crippen LogP contribution is 2.35. The number of thiophene rings is 1. The first kappa shape index (κ1) is 13.9. The van der Waals surface area contributed by atoms with E-state index in [1.807, 2.05) is 0 Å². The Hall–Kier alpha value is -2.11. The molecule has 0 spiro atoms. The molecule has 0 unspecified atom stereocenters. The van der Waals surface area contributed by atoms with Gasteiger partial charge < -0.3 is 10.7 Å². The average molecular weight is 319 g/mol. The predicted molar refractivity (Wildman–Crippen MR) is 86.5 cm³/mol. The fraction of sp³-hybridized carbons (Fsp3) is 0.0667. The SMILES string of the molecule is Cc1cc(=O)[nH]c2sc(C(=O)c3cccc(Cl)c3)c(N)c12. The molecule has 21 heavy (non-hydrogen) atoms. The maximum Gasteiger partial charge on any atom is 0.249 e. The third-order valence-electron chi connectivity index (χ3n) is 3.22. The number of anilines is 1. The van der Waals surface area contributed by atoms with E-state index in [-0.39, 0.29) is 11.3 Å². The summed E-state index contributed by atoms with van der Waals surface area (Å²) in [6.45, 7) is 1.80. The van der Waals surface area contributed by atoms with E-state index in [9.17, 15) is 9.59 Å². The van der Waals surface area contributed by atoms with Gasteiger partial charge in [0.05, 0.1) is 5.69 Å². The Labute approximate surface area is 129 Å². The molecule has 106 valence electrons. The fourth-order valence-electron chi connectivity index (χ4n) is 2.27. The number of rotatable bonds is 2. The molecule has 2 heterocycles. The first-order chi connectivity index (χ1) is 9.97. The largest absolute Gasteiger partial charge is 0.397 e. The smallest absolute Gasteiger partial charge is 0.249 e. The van der Waals surface area contributed by atoms with Gasteiger partial charge in [-0.15, -0.1) is 11.3 Å².